The van der Waals surface area contributed by atoms with Gasteiger partial charge in [-0.3, -0.25) is 14.6 Å². The number of hydrogen-bond acceptors (Lipinski definition) is 5. The molecule has 0 atom stereocenters. The Morgan fingerprint density at radius 1 is 1.16 bits per heavy atom. The van der Waals surface area contributed by atoms with Gasteiger partial charge < -0.3 is 20.7 Å². The molecule has 0 unspecified atom stereocenters. The van der Waals surface area contributed by atoms with E-state index in [1.165, 1.54) is 0 Å². The summed E-state index contributed by atoms with van der Waals surface area (Å²) < 4.78 is 6.42. The van der Waals surface area contributed by atoms with E-state index in [0.717, 1.165) is 48.4 Å². The number of aromatic nitrogens is 1. The quantitative estimate of drug-likeness (QED) is 0.775. The molecule has 2 amide bonds. The van der Waals surface area contributed by atoms with Crippen LogP contribution < -0.4 is 15.8 Å². The average Bonchev–Trinajstić information content (AvgIpc) is 2.79. The lowest BCUT2D eigenvalue weighted by Crippen LogP contribution is -2.46. The lowest BCUT2D eigenvalue weighted by molar-refractivity contribution is 0.0766. The number of rotatable bonds is 5. The first kappa shape index (κ1) is 21.1. The number of primary amides is 1. The Kier molecular flexibility index (Phi) is 5.78. The minimum atomic E-state index is -0.484. The lowest BCUT2D eigenvalue weighted by atomic mass is 9.83. The fraction of sp³-hybridized carbons (Fsp3) is 0.375. The van der Waals surface area contributed by atoms with E-state index in [2.05, 4.69) is 16.4 Å². The SMILES string of the molecule is CCN(CC)C(=O)c1ccc(C2=CC3(CCNCC3)Oc3ccc(C(N)=O)cc32)cn1. The number of nitrogens with two attached hydrogens (primary N) is 1. The maximum Gasteiger partial charge on any atom is 0.272 e. The van der Waals surface area contributed by atoms with Crippen molar-refractivity contribution in [2.45, 2.75) is 32.3 Å². The predicted molar refractivity (Wildman–Crippen MR) is 119 cm³/mol. The molecule has 162 valence electrons. The highest BCUT2D eigenvalue weighted by Gasteiger charge is 2.37. The van der Waals surface area contributed by atoms with Crippen LogP contribution in [0, 0.1) is 0 Å². The van der Waals surface area contributed by atoms with Crippen molar-refractivity contribution in [3.05, 3.63) is 65.0 Å². The van der Waals surface area contributed by atoms with Crippen molar-refractivity contribution in [2.75, 3.05) is 26.2 Å². The number of nitrogens with zero attached hydrogens (tertiary/aromatic N) is 2. The van der Waals surface area contributed by atoms with Crippen LogP contribution in [-0.4, -0.2) is 53.5 Å². The standard InChI is InChI=1S/C24H28N4O3/c1-3-28(4-2)23(30)20-7-5-17(15-27-20)19-14-24(9-11-26-12-10-24)31-21-8-6-16(22(25)29)13-18(19)21/h5-8,13-15,26H,3-4,9-12H2,1-2H3,(H2,25,29). The first-order valence-electron chi connectivity index (χ1n) is 10.8. The highest BCUT2D eigenvalue weighted by molar-refractivity contribution is 5.96. The second kappa shape index (κ2) is 8.51. The van der Waals surface area contributed by atoms with Crippen molar-refractivity contribution in [1.29, 1.82) is 0 Å². The van der Waals surface area contributed by atoms with Gasteiger partial charge in [0.15, 0.2) is 0 Å². The third-order valence-corrected chi connectivity index (χ3v) is 6.07. The number of ether oxygens (including phenoxy) is 1. The minimum absolute atomic E-state index is 0.0799. The van der Waals surface area contributed by atoms with E-state index in [1.54, 1.807) is 29.3 Å². The Labute approximate surface area is 182 Å². The molecule has 0 saturated carbocycles. The van der Waals surface area contributed by atoms with Crippen LogP contribution >= 0.6 is 0 Å². The average molecular weight is 421 g/mol. The molecule has 31 heavy (non-hydrogen) atoms. The van der Waals surface area contributed by atoms with Crippen LogP contribution in [0.3, 0.4) is 0 Å². The molecule has 3 heterocycles. The summed E-state index contributed by atoms with van der Waals surface area (Å²) in [5.74, 6) is 0.166. The highest BCUT2D eigenvalue weighted by Crippen LogP contribution is 2.42. The number of pyridine rings is 1. The summed E-state index contributed by atoms with van der Waals surface area (Å²) >= 11 is 0. The smallest absolute Gasteiger partial charge is 0.272 e. The van der Waals surface area contributed by atoms with E-state index in [9.17, 15) is 9.59 Å². The summed E-state index contributed by atoms with van der Waals surface area (Å²) in [4.78, 5) is 30.6. The molecule has 1 spiro atoms. The van der Waals surface area contributed by atoms with Gasteiger partial charge >= 0.3 is 0 Å². The Morgan fingerprint density at radius 3 is 2.52 bits per heavy atom. The van der Waals surface area contributed by atoms with Crippen molar-refractivity contribution in [3.8, 4) is 5.75 Å². The molecular weight excluding hydrogens is 392 g/mol. The van der Waals surface area contributed by atoms with E-state index < -0.39 is 11.5 Å². The number of fused-ring (bicyclic) bond motifs is 1. The molecule has 0 radical (unpaired) electrons. The molecule has 2 aliphatic heterocycles. The predicted octanol–water partition coefficient (Wildman–Crippen LogP) is 2.61. The summed E-state index contributed by atoms with van der Waals surface area (Å²) in [6.07, 6.45) is 5.56. The van der Waals surface area contributed by atoms with Gasteiger partial charge in [-0.25, -0.2) is 0 Å². The zero-order valence-electron chi connectivity index (χ0n) is 18.0. The van der Waals surface area contributed by atoms with Crippen LogP contribution in [0.1, 0.15) is 58.7 Å². The number of carbonyl (C=O) groups is 2. The van der Waals surface area contributed by atoms with Gasteiger partial charge in [0.25, 0.3) is 5.91 Å². The van der Waals surface area contributed by atoms with Crippen molar-refractivity contribution < 1.29 is 14.3 Å². The molecule has 1 aromatic heterocycles. The topological polar surface area (TPSA) is 97.5 Å². The maximum absolute atomic E-state index is 12.6. The van der Waals surface area contributed by atoms with Crippen molar-refractivity contribution in [2.24, 2.45) is 5.73 Å². The summed E-state index contributed by atoms with van der Waals surface area (Å²) in [6.45, 7) is 6.92. The van der Waals surface area contributed by atoms with Crippen molar-refractivity contribution in [1.82, 2.24) is 15.2 Å². The Hall–Kier alpha value is -3.19. The third-order valence-electron chi connectivity index (χ3n) is 6.07. The van der Waals surface area contributed by atoms with E-state index >= 15 is 0 Å². The summed E-state index contributed by atoms with van der Waals surface area (Å²) in [7, 11) is 0. The van der Waals surface area contributed by atoms with Gasteiger partial charge in [-0.2, -0.15) is 0 Å². The first-order chi connectivity index (χ1) is 15.0. The number of carbonyl (C=O) groups excluding carboxylic acids is 2. The molecule has 2 aromatic rings. The molecule has 1 saturated heterocycles. The molecule has 0 bridgehead atoms. The van der Waals surface area contributed by atoms with Crippen LogP contribution in [-0.2, 0) is 0 Å². The summed E-state index contributed by atoms with van der Waals surface area (Å²) in [5, 5.41) is 3.38. The van der Waals surface area contributed by atoms with Crippen LogP contribution in [0.2, 0.25) is 0 Å². The highest BCUT2D eigenvalue weighted by atomic mass is 16.5. The number of benzene rings is 1. The van der Waals surface area contributed by atoms with Gasteiger partial charge in [-0.05, 0) is 62.9 Å². The molecule has 1 fully saturated rings. The van der Waals surface area contributed by atoms with Gasteiger partial charge in [0.1, 0.15) is 17.0 Å². The van der Waals surface area contributed by atoms with Crippen molar-refractivity contribution in [3.63, 3.8) is 0 Å². The second-order valence-corrected chi connectivity index (χ2v) is 7.96. The molecule has 1 aromatic carbocycles. The fourth-order valence-electron chi connectivity index (χ4n) is 4.26. The molecular formula is C24H28N4O3. The number of nitrogens with one attached hydrogen (secondary N) is 1. The zero-order valence-corrected chi connectivity index (χ0v) is 18.0. The monoisotopic (exact) mass is 420 g/mol. The number of hydrogen-bond donors (Lipinski definition) is 2. The van der Waals surface area contributed by atoms with Crippen molar-refractivity contribution >= 4 is 17.4 Å². The van der Waals surface area contributed by atoms with Crippen LogP contribution in [0.5, 0.6) is 5.75 Å². The van der Waals surface area contributed by atoms with Crippen LogP contribution in [0.25, 0.3) is 5.57 Å². The first-order valence-corrected chi connectivity index (χ1v) is 10.8. The Bertz CT molecular complexity index is 1020. The second-order valence-electron chi connectivity index (χ2n) is 7.96. The minimum Gasteiger partial charge on any atom is -0.482 e. The van der Waals surface area contributed by atoms with E-state index in [-0.39, 0.29) is 5.91 Å². The van der Waals surface area contributed by atoms with E-state index in [4.69, 9.17) is 10.5 Å². The van der Waals surface area contributed by atoms with Gasteiger partial charge in [-0.1, -0.05) is 6.07 Å². The number of piperidine rings is 1. The fourth-order valence-corrected chi connectivity index (χ4v) is 4.26. The Morgan fingerprint density at radius 2 is 1.90 bits per heavy atom. The molecule has 3 N–H and O–H groups in total. The molecule has 0 aliphatic carbocycles. The molecule has 2 aliphatic rings. The van der Waals surface area contributed by atoms with Gasteiger partial charge in [-0.15, -0.1) is 0 Å². The van der Waals surface area contributed by atoms with E-state index in [0.29, 0.717) is 24.3 Å². The van der Waals surface area contributed by atoms with Crippen LogP contribution in [0.15, 0.2) is 42.6 Å². The maximum atomic E-state index is 12.6. The largest absolute Gasteiger partial charge is 0.482 e. The normalized spacial score (nSPS) is 16.8. The summed E-state index contributed by atoms with van der Waals surface area (Å²) in [5.41, 5.74) is 8.58. The molecule has 7 nitrogen and oxygen atoms in total. The van der Waals surface area contributed by atoms with Gasteiger partial charge in [0, 0.05) is 48.8 Å². The van der Waals surface area contributed by atoms with E-state index in [1.807, 2.05) is 26.0 Å². The lowest BCUT2D eigenvalue weighted by Gasteiger charge is -2.40. The summed E-state index contributed by atoms with van der Waals surface area (Å²) in [6, 6.07) is 8.96. The Balaban J connectivity index is 1.76. The third kappa shape index (κ3) is 4.05. The van der Waals surface area contributed by atoms with Gasteiger partial charge in [0.2, 0.25) is 5.91 Å². The van der Waals surface area contributed by atoms with Gasteiger partial charge in [0.05, 0.1) is 0 Å². The zero-order chi connectivity index (χ0) is 22.0. The molecule has 7 heteroatoms. The number of amides is 2. The molecule has 4 rings (SSSR count). The van der Waals surface area contributed by atoms with Crippen LogP contribution in [0.4, 0.5) is 0 Å².